The van der Waals surface area contributed by atoms with Crippen LogP contribution in [0.1, 0.15) is 11.1 Å². The number of anilines is 1. The normalized spacial score (nSPS) is 13.7. The molecule has 0 N–H and O–H groups in total. The number of hydrogen-bond donors (Lipinski definition) is 0. The van der Waals surface area contributed by atoms with Crippen molar-refractivity contribution in [3.05, 3.63) is 95.0 Å². The summed E-state index contributed by atoms with van der Waals surface area (Å²) in [6.07, 6.45) is 0. The summed E-state index contributed by atoms with van der Waals surface area (Å²) < 4.78 is 11.1. The number of methoxy groups -OCH3 is 1. The zero-order valence-corrected chi connectivity index (χ0v) is 16.9. The Morgan fingerprint density at radius 1 is 0.833 bits per heavy atom. The van der Waals surface area contributed by atoms with Gasteiger partial charge in [0.15, 0.2) is 0 Å². The number of halogens is 1. The Bertz CT molecular complexity index is 1120. The minimum absolute atomic E-state index is 0.128. The molecule has 0 saturated heterocycles. The number of carbonyl (C=O) groups excluding carboxylic acids is 2. The predicted molar refractivity (Wildman–Crippen MR) is 115 cm³/mol. The Hall–Kier alpha value is -3.57. The van der Waals surface area contributed by atoms with Crippen LogP contribution in [0, 0.1) is 0 Å². The number of ether oxygens (including phenoxy) is 2. The first-order chi connectivity index (χ1) is 14.6. The highest BCUT2D eigenvalue weighted by Crippen LogP contribution is 2.38. The number of carbonyl (C=O) groups is 2. The fourth-order valence-corrected chi connectivity index (χ4v) is 3.52. The largest absolute Gasteiger partial charge is 0.496 e. The third-order valence-electron chi connectivity index (χ3n) is 4.75. The van der Waals surface area contributed by atoms with Crippen molar-refractivity contribution in [2.24, 2.45) is 0 Å². The molecule has 0 bridgehead atoms. The van der Waals surface area contributed by atoms with E-state index in [0.717, 1.165) is 10.5 Å². The molecule has 6 heteroatoms. The molecule has 5 nitrogen and oxygen atoms in total. The van der Waals surface area contributed by atoms with E-state index in [1.54, 1.807) is 48.5 Å². The lowest BCUT2D eigenvalue weighted by molar-refractivity contribution is -0.119. The number of nitrogens with zero attached hydrogens (tertiary/aromatic N) is 1. The van der Waals surface area contributed by atoms with Gasteiger partial charge in [0.05, 0.1) is 18.4 Å². The minimum atomic E-state index is -0.569. The van der Waals surface area contributed by atoms with Crippen LogP contribution in [-0.4, -0.2) is 18.9 Å². The Balaban J connectivity index is 1.55. The highest BCUT2D eigenvalue weighted by molar-refractivity contribution is 6.60. The van der Waals surface area contributed by atoms with Gasteiger partial charge < -0.3 is 9.47 Å². The van der Waals surface area contributed by atoms with E-state index in [-0.39, 0.29) is 10.6 Å². The van der Waals surface area contributed by atoms with Crippen molar-refractivity contribution < 1.29 is 19.1 Å². The number of amides is 2. The standard InChI is InChI=1S/C24H18ClNO4/c1-29-20-10-6-5-9-19(20)21-22(25)24(28)26(23(21)27)17-11-13-18(14-12-17)30-15-16-7-3-2-4-8-16/h2-14H,15H2,1H3. The molecule has 1 heterocycles. The molecule has 0 fully saturated rings. The maximum absolute atomic E-state index is 13.1. The summed E-state index contributed by atoms with van der Waals surface area (Å²) in [5, 5.41) is -0.131. The van der Waals surface area contributed by atoms with E-state index in [0.29, 0.717) is 29.4 Å². The fourth-order valence-electron chi connectivity index (χ4n) is 3.25. The summed E-state index contributed by atoms with van der Waals surface area (Å²) in [6.45, 7) is 0.424. The van der Waals surface area contributed by atoms with Crippen LogP contribution in [0.5, 0.6) is 11.5 Å². The molecule has 0 radical (unpaired) electrons. The van der Waals surface area contributed by atoms with Crippen LogP contribution in [0.15, 0.2) is 83.9 Å². The van der Waals surface area contributed by atoms with E-state index in [1.807, 2.05) is 30.3 Å². The average Bonchev–Trinajstić information content (AvgIpc) is 3.01. The quantitative estimate of drug-likeness (QED) is 0.539. The van der Waals surface area contributed by atoms with E-state index in [4.69, 9.17) is 21.1 Å². The average molecular weight is 420 g/mol. The molecule has 4 rings (SSSR count). The van der Waals surface area contributed by atoms with Crippen molar-refractivity contribution in [3.63, 3.8) is 0 Å². The van der Waals surface area contributed by atoms with Gasteiger partial charge in [-0.05, 0) is 35.9 Å². The third kappa shape index (κ3) is 3.67. The maximum atomic E-state index is 13.1. The second kappa shape index (κ2) is 8.43. The van der Waals surface area contributed by atoms with Crippen LogP contribution in [0.3, 0.4) is 0 Å². The molecule has 30 heavy (non-hydrogen) atoms. The van der Waals surface area contributed by atoms with Crippen LogP contribution in [0.25, 0.3) is 5.57 Å². The summed E-state index contributed by atoms with van der Waals surface area (Å²) >= 11 is 6.27. The Morgan fingerprint density at radius 2 is 1.50 bits per heavy atom. The summed E-state index contributed by atoms with van der Waals surface area (Å²) in [5.74, 6) is 0.0389. The van der Waals surface area contributed by atoms with Crippen LogP contribution in [-0.2, 0) is 16.2 Å². The molecule has 0 aromatic heterocycles. The second-order valence-electron chi connectivity index (χ2n) is 6.60. The lowest BCUT2D eigenvalue weighted by atomic mass is 10.1. The first-order valence-corrected chi connectivity index (χ1v) is 9.66. The third-order valence-corrected chi connectivity index (χ3v) is 5.10. The maximum Gasteiger partial charge on any atom is 0.277 e. The van der Waals surface area contributed by atoms with Crippen LogP contribution in [0.4, 0.5) is 5.69 Å². The topological polar surface area (TPSA) is 55.8 Å². The Morgan fingerprint density at radius 3 is 2.20 bits per heavy atom. The number of hydrogen-bond acceptors (Lipinski definition) is 4. The van der Waals surface area contributed by atoms with E-state index in [9.17, 15) is 9.59 Å². The SMILES string of the molecule is COc1ccccc1C1=C(Cl)C(=O)N(c2ccc(OCc3ccccc3)cc2)C1=O. The van der Waals surface area contributed by atoms with Gasteiger partial charge in [0.25, 0.3) is 11.8 Å². The van der Waals surface area contributed by atoms with E-state index >= 15 is 0 Å². The molecule has 0 saturated carbocycles. The van der Waals surface area contributed by atoms with Gasteiger partial charge in [0, 0.05) is 5.56 Å². The molecule has 3 aromatic rings. The smallest absolute Gasteiger partial charge is 0.277 e. The van der Waals surface area contributed by atoms with Gasteiger partial charge in [0.2, 0.25) is 0 Å². The minimum Gasteiger partial charge on any atom is -0.496 e. The molecule has 0 unspecified atom stereocenters. The van der Waals surface area contributed by atoms with Gasteiger partial charge in [-0.25, -0.2) is 4.90 Å². The van der Waals surface area contributed by atoms with E-state index in [2.05, 4.69) is 0 Å². The van der Waals surface area contributed by atoms with Gasteiger partial charge in [-0.15, -0.1) is 0 Å². The van der Waals surface area contributed by atoms with Crippen molar-refractivity contribution in [2.75, 3.05) is 12.0 Å². The molecule has 3 aromatic carbocycles. The van der Waals surface area contributed by atoms with Crippen molar-refractivity contribution in [3.8, 4) is 11.5 Å². The molecular formula is C24H18ClNO4. The zero-order chi connectivity index (χ0) is 21.1. The lowest BCUT2D eigenvalue weighted by Gasteiger charge is -2.16. The van der Waals surface area contributed by atoms with Crippen molar-refractivity contribution >= 4 is 34.7 Å². The van der Waals surface area contributed by atoms with Crippen LogP contribution >= 0.6 is 11.6 Å². The van der Waals surface area contributed by atoms with Gasteiger partial charge in [-0.2, -0.15) is 0 Å². The molecule has 0 spiro atoms. The van der Waals surface area contributed by atoms with E-state index in [1.165, 1.54) is 7.11 Å². The van der Waals surface area contributed by atoms with Crippen LogP contribution < -0.4 is 14.4 Å². The highest BCUT2D eigenvalue weighted by atomic mass is 35.5. The predicted octanol–water partition coefficient (Wildman–Crippen LogP) is 4.80. The number of benzene rings is 3. The summed E-state index contributed by atoms with van der Waals surface area (Å²) in [5.41, 5.74) is 2.07. The zero-order valence-electron chi connectivity index (χ0n) is 16.2. The summed E-state index contributed by atoms with van der Waals surface area (Å²) in [6, 6.07) is 23.5. The van der Waals surface area contributed by atoms with Crippen LogP contribution in [0.2, 0.25) is 0 Å². The fraction of sp³-hybridized carbons (Fsp3) is 0.0833. The molecule has 0 aliphatic carbocycles. The highest BCUT2D eigenvalue weighted by Gasteiger charge is 2.40. The molecule has 2 amide bonds. The van der Waals surface area contributed by atoms with Crippen molar-refractivity contribution in [1.29, 1.82) is 0 Å². The first-order valence-electron chi connectivity index (χ1n) is 9.29. The molecule has 0 atom stereocenters. The Labute approximate surface area is 179 Å². The van der Waals surface area contributed by atoms with E-state index < -0.39 is 11.8 Å². The lowest BCUT2D eigenvalue weighted by Crippen LogP contribution is -2.31. The van der Waals surface area contributed by atoms with Crippen molar-refractivity contribution in [1.82, 2.24) is 0 Å². The van der Waals surface area contributed by atoms with Gasteiger partial charge >= 0.3 is 0 Å². The number of imide groups is 1. The second-order valence-corrected chi connectivity index (χ2v) is 6.98. The molecule has 150 valence electrons. The van der Waals surface area contributed by atoms with Crippen molar-refractivity contribution in [2.45, 2.75) is 6.61 Å². The molecule has 1 aliphatic heterocycles. The number of para-hydroxylation sites is 1. The van der Waals surface area contributed by atoms with Gasteiger partial charge in [0.1, 0.15) is 23.1 Å². The summed E-state index contributed by atoms with van der Waals surface area (Å²) in [7, 11) is 1.50. The molecular weight excluding hydrogens is 402 g/mol. The molecule has 1 aliphatic rings. The first kappa shape index (κ1) is 19.7. The Kier molecular flexibility index (Phi) is 5.55. The number of rotatable bonds is 6. The van der Waals surface area contributed by atoms with Gasteiger partial charge in [-0.1, -0.05) is 60.1 Å². The monoisotopic (exact) mass is 419 g/mol. The van der Waals surface area contributed by atoms with Gasteiger partial charge in [-0.3, -0.25) is 9.59 Å². The summed E-state index contributed by atoms with van der Waals surface area (Å²) in [4.78, 5) is 26.9.